The molecule has 102 valence electrons. The zero-order valence-electron chi connectivity index (χ0n) is 10.4. The average molecular weight is 256 g/mol. The van der Waals surface area contributed by atoms with Gasteiger partial charge in [-0.05, 0) is 19.3 Å². The van der Waals surface area contributed by atoms with Crippen molar-refractivity contribution in [1.29, 1.82) is 0 Å². The van der Waals surface area contributed by atoms with Gasteiger partial charge in [-0.2, -0.15) is 0 Å². The predicted molar refractivity (Wildman–Crippen MR) is 64.3 cm³/mol. The van der Waals surface area contributed by atoms with Gasteiger partial charge >= 0.3 is 12.0 Å². The molecular formula is C12H20N2O4. The number of hydrogen-bond acceptors (Lipinski definition) is 3. The van der Waals surface area contributed by atoms with Crippen molar-refractivity contribution >= 4 is 12.0 Å². The molecule has 2 heterocycles. The second-order valence-electron chi connectivity index (χ2n) is 5.04. The minimum atomic E-state index is -0.796. The molecule has 2 saturated heterocycles. The summed E-state index contributed by atoms with van der Waals surface area (Å²) in [6.07, 6.45) is 3.55. The molecule has 0 aliphatic carbocycles. The molecule has 6 nitrogen and oxygen atoms in total. The first-order valence-corrected chi connectivity index (χ1v) is 6.51. The number of carboxylic acids is 1. The summed E-state index contributed by atoms with van der Waals surface area (Å²) in [6.45, 7) is 2.43. The lowest BCUT2D eigenvalue weighted by atomic mass is 9.97. The van der Waals surface area contributed by atoms with E-state index < -0.39 is 5.97 Å². The largest absolute Gasteiger partial charge is 0.481 e. The van der Waals surface area contributed by atoms with E-state index in [9.17, 15) is 9.59 Å². The molecule has 0 aromatic rings. The first kappa shape index (κ1) is 13.1. The number of aliphatic carboxylic acids is 1. The van der Waals surface area contributed by atoms with Gasteiger partial charge in [-0.1, -0.05) is 0 Å². The molecule has 2 rings (SSSR count). The minimum absolute atomic E-state index is 0.106. The molecule has 2 N–H and O–H groups in total. The maximum absolute atomic E-state index is 11.7. The number of amides is 2. The lowest BCUT2D eigenvalue weighted by Gasteiger charge is -2.38. The van der Waals surface area contributed by atoms with E-state index in [1.54, 1.807) is 4.90 Å². The molecule has 6 heteroatoms. The Morgan fingerprint density at radius 2 is 2.11 bits per heavy atom. The number of likely N-dealkylation sites (tertiary alicyclic amines) is 1. The summed E-state index contributed by atoms with van der Waals surface area (Å²) in [5.74, 6) is -0.685. The van der Waals surface area contributed by atoms with Gasteiger partial charge in [-0.15, -0.1) is 0 Å². The van der Waals surface area contributed by atoms with Crippen LogP contribution in [-0.2, 0) is 9.53 Å². The molecule has 0 saturated carbocycles. The Bertz CT molecular complexity index is 309. The second kappa shape index (κ2) is 6.04. The molecule has 0 aromatic heterocycles. The van der Waals surface area contributed by atoms with Crippen molar-refractivity contribution in [3.05, 3.63) is 0 Å². The van der Waals surface area contributed by atoms with Gasteiger partial charge in [0.25, 0.3) is 0 Å². The first-order valence-electron chi connectivity index (χ1n) is 6.51. The molecule has 0 radical (unpaired) electrons. The van der Waals surface area contributed by atoms with Crippen LogP contribution in [-0.4, -0.2) is 54.4 Å². The van der Waals surface area contributed by atoms with E-state index in [-0.39, 0.29) is 24.5 Å². The SMILES string of the molecule is O=C(O)CC1CN(C(=O)NCC2CCCCO2)C1. The number of ether oxygens (including phenoxy) is 1. The van der Waals surface area contributed by atoms with Crippen LogP contribution in [0, 0.1) is 5.92 Å². The van der Waals surface area contributed by atoms with Crippen LogP contribution < -0.4 is 5.32 Å². The fourth-order valence-electron chi connectivity index (χ4n) is 2.39. The van der Waals surface area contributed by atoms with Crippen LogP contribution in [0.3, 0.4) is 0 Å². The average Bonchev–Trinajstić information content (AvgIpc) is 2.31. The van der Waals surface area contributed by atoms with Crippen LogP contribution in [0.4, 0.5) is 4.79 Å². The molecule has 2 fully saturated rings. The molecule has 2 amide bonds. The maximum atomic E-state index is 11.7. The molecule has 0 aromatic carbocycles. The highest BCUT2D eigenvalue weighted by Crippen LogP contribution is 2.19. The van der Waals surface area contributed by atoms with Crippen molar-refractivity contribution in [2.75, 3.05) is 26.2 Å². The molecule has 1 unspecified atom stereocenters. The van der Waals surface area contributed by atoms with Crippen molar-refractivity contribution < 1.29 is 19.4 Å². The fraction of sp³-hybridized carbons (Fsp3) is 0.833. The van der Waals surface area contributed by atoms with E-state index in [1.807, 2.05) is 0 Å². The molecule has 0 bridgehead atoms. The van der Waals surface area contributed by atoms with E-state index in [0.29, 0.717) is 19.6 Å². The van der Waals surface area contributed by atoms with Crippen molar-refractivity contribution in [3.8, 4) is 0 Å². The number of nitrogens with one attached hydrogen (secondary N) is 1. The van der Waals surface area contributed by atoms with Gasteiger partial charge in [0.15, 0.2) is 0 Å². The molecule has 2 aliphatic heterocycles. The Kier molecular flexibility index (Phi) is 4.41. The van der Waals surface area contributed by atoms with E-state index in [1.165, 1.54) is 0 Å². The third-order valence-corrected chi connectivity index (χ3v) is 3.46. The third-order valence-electron chi connectivity index (χ3n) is 3.46. The maximum Gasteiger partial charge on any atom is 0.317 e. The zero-order chi connectivity index (χ0) is 13.0. The fourth-order valence-corrected chi connectivity index (χ4v) is 2.39. The van der Waals surface area contributed by atoms with E-state index in [4.69, 9.17) is 9.84 Å². The van der Waals surface area contributed by atoms with Crippen molar-refractivity contribution in [1.82, 2.24) is 10.2 Å². The number of hydrogen-bond donors (Lipinski definition) is 2. The van der Waals surface area contributed by atoms with Gasteiger partial charge in [0.05, 0.1) is 12.5 Å². The number of nitrogens with zero attached hydrogens (tertiary/aromatic N) is 1. The number of urea groups is 1. The Labute approximate surface area is 106 Å². The van der Waals surface area contributed by atoms with Crippen LogP contribution in [0.5, 0.6) is 0 Å². The minimum Gasteiger partial charge on any atom is -0.481 e. The van der Waals surface area contributed by atoms with Crippen molar-refractivity contribution in [2.24, 2.45) is 5.92 Å². The summed E-state index contributed by atoms with van der Waals surface area (Å²) in [5.41, 5.74) is 0. The summed E-state index contributed by atoms with van der Waals surface area (Å²) < 4.78 is 5.52. The van der Waals surface area contributed by atoms with Gasteiger partial charge in [-0.25, -0.2) is 4.79 Å². The Hall–Kier alpha value is -1.30. The first-order chi connectivity index (χ1) is 8.65. The normalized spacial score (nSPS) is 24.4. The van der Waals surface area contributed by atoms with Gasteiger partial charge < -0.3 is 20.1 Å². The summed E-state index contributed by atoms with van der Waals surface area (Å²) in [6, 6.07) is -0.106. The topological polar surface area (TPSA) is 78.9 Å². The van der Waals surface area contributed by atoms with E-state index in [2.05, 4.69) is 5.32 Å². The van der Waals surface area contributed by atoms with Gasteiger partial charge in [0, 0.05) is 32.2 Å². The predicted octanol–water partition coefficient (Wildman–Crippen LogP) is 0.672. The highest BCUT2D eigenvalue weighted by molar-refractivity contribution is 5.75. The van der Waals surface area contributed by atoms with Crippen molar-refractivity contribution in [2.45, 2.75) is 31.8 Å². The van der Waals surface area contributed by atoms with Crippen LogP contribution in [0.15, 0.2) is 0 Å². The van der Waals surface area contributed by atoms with E-state index in [0.717, 1.165) is 25.9 Å². The van der Waals surface area contributed by atoms with Crippen molar-refractivity contribution in [3.63, 3.8) is 0 Å². The highest BCUT2D eigenvalue weighted by Gasteiger charge is 2.32. The van der Waals surface area contributed by atoms with Crippen LogP contribution >= 0.6 is 0 Å². The molecule has 1 atom stereocenters. The number of carbonyl (C=O) groups is 2. The zero-order valence-corrected chi connectivity index (χ0v) is 10.4. The molecule has 0 spiro atoms. The lowest BCUT2D eigenvalue weighted by Crippen LogP contribution is -2.55. The summed E-state index contributed by atoms with van der Waals surface area (Å²) in [7, 11) is 0. The summed E-state index contributed by atoms with van der Waals surface area (Å²) in [4.78, 5) is 23.8. The molecular weight excluding hydrogens is 236 g/mol. The summed E-state index contributed by atoms with van der Waals surface area (Å²) >= 11 is 0. The highest BCUT2D eigenvalue weighted by atomic mass is 16.5. The van der Waals surface area contributed by atoms with Crippen LogP contribution in [0.2, 0.25) is 0 Å². The second-order valence-corrected chi connectivity index (χ2v) is 5.04. The number of carboxylic acid groups (broad SMARTS) is 1. The molecule has 2 aliphatic rings. The number of rotatable bonds is 4. The Balaban J connectivity index is 1.60. The summed E-state index contributed by atoms with van der Waals surface area (Å²) in [5, 5.41) is 11.5. The Morgan fingerprint density at radius 1 is 1.33 bits per heavy atom. The van der Waals surface area contributed by atoms with Crippen LogP contribution in [0.1, 0.15) is 25.7 Å². The Morgan fingerprint density at radius 3 is 2.72 bits per heavy atom. The number of carbonyl (C=O) groups excluding carboxylic acids is 1. The van der Waals surface area contributed by atoms with E-state index >= 15 is 0 Å². The van der Waals surface area contributed by atoms with Crippen LogP contribution in [0.25, 0.3) is 0 Å². The van der Waals surface area contributed by atoms with Gasteiger partial charge in [-0.3, -0.25) is 4.79 Å². The quantitative estimate of drug-likeness (QED) is 0.775. The van der Waals surface area contributed by atoms with Gasteiger partial charge in [0.2, 0.25) is 0 Å². The molecule has 18 heavy (non-hydrogen) atoms. The lowest BCUT2D eigenvalue weighted by molar-refractivity contribution is -0.139. The monoisotopic (exact) mass is 256 g/mol. The standard InChI is InChI=1S/C12H20N2O4/c15-11(16)5-9-7-14(8-9)12(17)13-6-10-3-1-2-4-18-10/h9-10H,1-8H2,(H,13,17)(H,15,16). The smallest absolute Gasteiger partial charge is 0.317 e. The van der Waals surface area contributed by atoms with Gasteiger partial charge in [0.1, 0.15) is 0 Å². The third kappa shape index (κ3) is 3.60.